The number of nitrogens with zero attached hydrogens (tertiary/aromatic N) is 2. The third kappa shape index (κ3) is 3.86. The first-order chi connectivity index (χ1) is 13.5. The summed E-state index contributed by atoms with van der Waals surface area (Å²) in [6.07, 6.45) is 2.15. The summed E-state index contributed by atoms with van der Waals surface area (Å²) in [5, 5.41) is 3.12. The van der Waals surface area contributed by atoms with Gasteiger partial charge < -0.3 is 9.88 Å². The maximum Gasteiger partial charge on any atom is 0.260 e. The second kappa shape index (κ2) is 8.09. The number of carbonyl (C=O) groups excluding carboxylic acids is 1. The van der Waals surface area contributed by atoms with E-state index >= 15 is 0 Å². The lowest BCUT2D eigenvalue weighted by atomic mass is 9.99. The number of thioether (sulfide) groups is 1. The van der Waals surface area contributed by atoms with E-state index in [0.717, 1.165) is 37.1 Å². The molecule has 1 aliphatic rings. The molecule has 3 heterocycles. The SMILES string of the molecule is CC(C)c1ccc(-c2csc3nc(SCC(=O)N4CCCC4)[nH]c(=O)c23)cc1. The number of carbonyl (C=O) groups is 1. The number of rotatable bonds is 5. The summed E-state index contributed by atoms with van der Waals surface area (Å²) in [6.45, 7) is 6.01. The summed E-state index contributed by atoms with van der Waals surface area (Å²) in [6, 6.07) is 8.35. The molecule has 1 aromatic carbocycles. The van der Waals surface area contributed by atoms with Crippen LogP contribution in [0.1, 0.15) is 38.2 Å². The van der Waals surface area contributed by atoms with Crippen LogP contribution in [0.25, 0.3) is 21.3 Å². The van der Waals surface area contributed by atoms with E-state index in [1.165, 1.54) is 28.7 Å². The molecular weight excluding hydrogens is 390 g/mol. The predicted molar refractivity (Wildman–Crippen MR) is 116 cm³/mol. The lowest BCUT2D eigenvalue weighted by Gasteiger charge is -2.14. The van der Waals surface area contributed by atoms with Crippen molar-refractivity contribution >= 4 is 39.2 Å². The van der Waals surface area contributed by atoms with Crippen LogP contribution in [0.15, 0.2) is 39.6 Å². The standard InChI is InChI=1S/C21H23N3O2S2/c1-13(2)14-5-7-15(8-6-14)16-11-27-20-18(16)19(26)22-21(23-20)28-12-17(25)24-9-3-4-10-24/h5-8,11,13H,3-4,9-10,12H2,1-2H3,(H,22,23,26). The van der Waals surface area contributed by atoms with Crippen LogP contribution < -0.4 is 5.56 Å². The number of benzene rings is 1. The van der Waals surface area contributed by atoms with Gasteiger partial charge >= 0.3 is 0 Å². The van der Waals surface area contributed by atoms with Crippen molar-refractivity contribution in [3.63, 3.8) is 0 Å². The van der Waals surface area contributed by atoms with E-state index in [0.29, 0.717) is 27.0 Å². The van der Waals surface area contributed by atoms with Crippen LogP contribution in [-0.4, -0.2) is 39.6 Å². The van der Waals surface area contributed by atoms with Gasteiger partial charge in [-0.05, 0) is 29.9 Å². The molecule has 0 unspecified atom stereocenters. The highest BCUT2D eigenvalue weighted by molar-refractivity contribution is 7.99. The van der Waals surface area contributed by atoms with Crippen molar-refractivity contribution in [2.75, 3.05) is 18.8 Å². The first-order valence-corrected chi connectivity index (χ1v) is 11.4. The second-order valence-electron chi connectivity index (χ2n) is 7.35. The molecule has 146 valence electrons. The minimum atomic E-state index is -0.148. The van der Waals surface area contributed by atoms with Crippen LogP contribution in [0.4, 0.5) is 0 Å². The van der Waals surface area contributed by atoms with Gasteiger partial charge in [0, 0.05) is 24.0 Å². The van der Waals surface area contributed by atoms with Crippen LogP contribution in [-0.2, 0) is 4.79 Å². The molecular formula is C21H23N3O2S2. The molecule has 4 rings (SSSR count). The van der Waals surface area contributed by atoms with Crippen LogP contribution in [0, 0.1) is 0 Å². The zero-order valence-corrected chi connectivity index (χ0v) is 17.7. The van der Waals surface area contributed by atoms with Crippen molar-refractivity contribution in [2.24, 2.45) is 0 Å². The van der Waals surface area contributed by atoms with Crippen molar-refractivity contribution in [2.45, 2.75) is 37.8 Å². The molecule has 5 nitrogen and oxygen atoms in total. The van der Waals surface area contributed by atoms with E-state index in [2.05, 4.69) is 48.1 Å². The van der Waals surface area contributed by atoms with Crippen molar-refractivity contribution in [3.05, 3.63) is 45.6 Å². The van der Waals surface area contributed by atoms with Crippen LogP contribution >= 0.6 is 23.1 Å². The van der Waals surface area contributed by atoms with Gasteiger partial charge in [0.2, 0.25) is 5.91 Å². The fourth-order valence-corrected chi connectivity index (χ4v) is 5.21. The first-order valence-electron chi connectivity index (χ1n) is 9.55. The Morgan fingerprint density at radius 2 is 1.96 bits per heavy atom. The van der Waals surface area contributed by atoms with Gasteiger partial charge in [-0.2, -0.15) is 0 Å². The Kier molecular flexibility index (Phi) is 5.55. The molecule has 1 fully saturated rings. The molecule has 0 radical (unpaired) electrons. The van der Waals surface area contributed by atoms with Gasteiger partial charge in [0.25, 0.3) is 5.56 Å². The molecule has 1 aliphatic heterocycles. The molecule has 0 saturated carbocycles. The highest BCUT2D eigenvalue weighted by atomic mass is 32.2. The van der Waals surface area contributed by atoms with E-state index in [9.17, 15) is 9.59 Å². The number of hydrogen-bond acceptors (Lipinski definition) is 5. The van der Waals surface area contributed by atoms with Crippen LogP contribution in [0.2, 0.25) is 0 Å². The summed E-state index contributed by atoms with van der Waals surface area (Å²) in [4.78, 5) is 35.0. The molecule has 7 heteroatoms. The summed E-state index contributed by atoms with van der Waals surface area (Å²) in [5.74, 6) is 0.895. The summed E-state index contributed by atoms with van der Waals surface area (Å²) >= 11 is 2.77. The smallest absolute Gasteiger partial charge is 0.260 e. The molecule has 0 spiro atoms. The zero-order valence-electron chi connectivity index (χ0n) is 16.0. The van der Waals surface area contributed by atoms with Crippen molar-refractivity contribution in [1.82, 2.24) is 14.9 Å². The third-order valence-electron chi connectivity index (χ3n) is 5.10. The summed E-state index contributed by atoms with van der Waals surface area (Å²) in [5.41, 5.74) is 3.06. The fraction of sp³-hybridized carbons (Fsp3) is 0.381. The molecule has 3 aromatic rings. The molecule has 2 aromatic heterocycles. The van der Waals surface area contributed by atoms with Gasteiger partial charge in [0.15, 0.2) is 5.16 Å². The number of aromatic amines is 1. The highest BCUT2D eigenvalue weighted by Crippen LogP contribution is 2.32. The van der Waals surface area contributed by atoms with E-state index in [1.807, 2.05) is 10.3 Å². The van der Waals surface area contributed by atoms with E-state index in [1.54, 1.807) is 0 Å². The number of H-pyrrole nitrogens is 1. The Labute approximate surface area is 172 Å². The Bertz CT molecular complexity index is 1050. The number of nitrogens with one attached hydrogen (secondary N) is 1. The van der Waals surface area contributed by atoms with Gasteiger partial charge in [-0.15, -0.1) is 11.3 Å². The molecule has 1 saturated heterocycles. The van der Waals surface area contributed by atoms with Gasteiger partial charge in [0.1, 0.15) is 4.83 Å². The van der Waals surface area contributed by atoms with Gasteiger partial charge in [-0.1, -0.05) is 49.9 Å². The van der Waals surface area contributed by atoms with Gasteiger partial charge in [0.05, 0.1) is 11.1 Å². The van der Waals surface area contributed by atoms with Crippen molar-refractivity contribution in [1.29, 1.82) is 0 Å². The average Bonchev–Trinajstić information content (AvgIpc) is 3.36. The third-order valence-corrected chi connectivity index (χ3v) is 6.83. The van der Waals surface area contributed by atoms with E-state index in [-0.39, 0.29) is 11.5 Å². The quantitative estimate of drug-likeness (QED) is 0.494. The predicted octanol–water partition coefficient (Wildman–Crippen LogP) is 4.49. The van der Waals surface area contributed by atoms with Crippen LogP contribution in [0.3, 0.4) is 0 Å². The normalized spacial score (nSPS) is 14.3. The Morgan fingerprint density at radius 1 is 1.25 bits per heavy atom. The van der Waals surface area contributed by atoms with E-state index in [4.69, 9.17) is 0 Å². The lowest BCUT2D eigenvalue weighted by Crippen LogP contribution is -2.29. The number of likely N-dealkylation sites (tertiary alicyclic amines) is 1. The fourth-order valence-electron chi connectivity index (χ4n) is 3.45. The maximum atomic E-state index is 12.7. The van der Waals surface area contributed by atoms with Crippen molar-refractivity contribution in [3.8, 4) is 11.1 Å². The maximum absolute atomic E-state index is 12.7. The number of aromatic nitrogens is 2. The van der Waals surface area contributed by atoms with Gasteiger partial charge in [-0.25, -0.2) is 4.98 Å². The summed E-state index contributed by atoms with van der Waals surface area (Å²) < 4.78 is 0. The van der Waals surface area contributed by atoms with Crippen molar-refractivity contribution < 1.29 is 4.79 Å². The molecule has 1 amide bonds. The number of fused-ring (bicyclic) bond motifs is 1. The number of amides is 1. The Balaban J connectivity index is 1.57. The Morgan fingerprint density at radius 3 is 2.64 bits per heavy atom. The zero-order chi connectivity index (χ0) is 19.7. The first kappa shape index (κ1) is 19.2. The second-order valence-corrected chi connectivity index (χ2v) is 9.18. The topological polar surface area (TPSA) is 66.1 Å². The molecule has 0 atom stereocenters. The molecule has 28 heavy (non-hydrogen) atoms. The number of hydrogen-bond donors (Lipinski definition) is 1. The largest absolute Gasteiger partial charge is 0.342 e. The lowest BCUT2D eigenvalue weighted by molar-refractivity contribution is -0.127. The minimum Gasteiger partial charge on any atom is -0.342 e. The molecule has 0 aliphatic carbocycles. The van der Waals surface area contributed by atoms with Crippen LogP contribution in [0.5, 0.6) is 0 Å². The minimum absolute atomic E-state index is 0.113. The summed E-state index contributed by atoms with van der Waals surface area (Å²) in [7, 11) is 0. The number of thiophene rings is 1. The monoisotopic (exact) mass is 413 g/mol. The average molecular weight is 414 g/mol. The Hall–Kier alpha value is -2.12. The molecule has 0 bridgehead atoms. The van der Waals surface area contributed by atoms with E-state index < -0.39 is 0 Å². The molecule has 1 N–H and O–H groups in total. The van der Waals surface area contributed by atoms with Gasteiger partial charge in [-0.3, -0.25) is 9.59 Å². The highest BCUT2D eigenvalue weighted by Gasteiger charge is 2.19.